The number of hydrogen-bond acceptors (Lipinski definition) is 6. The maximum atomic E-state index is 12.2. The third-order valence-electron chi connectivity index (χ3n) is 4.08. The molecule has 2 amide bonds. The van der Waals surface area contributed by atoms with Crippen LogP contribution < -0.4 is 10.6 Å². The van der Waals surface area contributed by atoms with Crippen molar-refractivity contribution in [3.8, 4) is 0 Å². The van der Waals surface area contributed by atoms with Crippen LogP contribution >= 0.6 is 0 Å². The zero-order valence-corrected chi connectivity index (χ0v) is 15.7. The van der Waals surface area contributed by atoms with Crippen LogP contribution in [0.15, 0.2) is 18.5 Å². The number of ether oxygens (including phenoxy) is 1. The lowest BCUT2D eigenvalue weighted by Gasteiger charge is -2.36. The van der Waals surface area contributed by atoms with Crippen molar-refractivity contribution >= 4 is 35.1 Å². The molecule has 2 aromatic heterocycles. The summed E-state index contributed by atoms with van der Waals surface area (Å²) in [5.74, 6) is 0.200. The summed E-state index contributed by atoms with van der Waals surface area (Å²) >= 11 is 0. The lowest BCUT2D eigenvalue weighted by Crippen LogP contribution is -2.50. The average Bonchev–Trinajstić information content (AvgIpc) is 3.01. The number of nitrogens with one attached hydrogen (secondary N) is 1. The van der Waals surface area contributed by atoms with Crippen LogP contribution in [0.5, 0.6) is 0 Å². The number of amides is 2. The van der Waals surface area contributed by atoms with Crippen LogP contribution in [0, 0.1) is 0 Å². The van der Waals surface area contributed by atoms with Gasteiger partial charge in [0.05, 0.1) is 6.20 Å². The highest BCUT2D eigenvalue weighted by atomic mass is 16.6. The van der Waals surface area contributed by atoms with Crippen molar-refractivity contribution in [2.75, 3.05) is 31.1 Å². The number of aromatic nitrogens is 3. The molecular weight excluding hydrogens is 348 g/mol. The summed E-state index contributed by atoms with van der Waals surface area (Å²) in [4.78, 5) is 39.0. The van der Waals surface area contributed by atoms with E-state index in [1.165, 1.54) is 6.08 Å². The fourth-order valence-corrected chi connectivity index (χ4v) is 2.80. The van der Waals surface area contributed by atoms with Gasteiger partial charge in [0.25, 0.3) is 0 Å². The summed E-state index contributed by atoms with van der Waals surface area (Å²) < 4.78 is 5.42. The molecule has 0 bridgehead atoms. The maximum absolute atomic E-state index is 12.2. The Bertz CT molecular complexity index is 875. The summed E-state index contributed by atoms with van der Waals surface area (Å²) in [6, 6.07) is 0. The van der Waals surface area contributed by atoms with Gasteiger partial charge in [0.2, 0.25) is 5.91 Å². The zero-order valence-electron chi connectivity index (χ0n) is 15.7. The van der Waals surface area contributed by atoms with E-state index < -0.39 is 11.5 Å². The molecule has 1 aliphatic heterocycles. The molecule has 3 heterocycles. The van der Waals surface area contributed by atoms with E-state index in [0.717, 1.165) is 11.4 Å². The van der Waals surface area contributed by atoms with Crippen LogP contribution in [0.2, 0.25) is 0 Å². The van der Waals surface area contributed by atoms with Crippen LogP contribution in [0.3, 0.4) is 0 Å². The standard InChI is InChI=1S/C18H24N6O3/c1-18(2,3)27-17(26)24-8-6-23(7-9-24)14-11-21-16-15(22-14)12(10-20-16)4-5-13(19)25/h4-5,10-11H,6-9H2,1-3H3,(H2,19,25)(H,20,21)/b5-4+. The summed E-state index contributed by atoms with van der Waals surface area (Å²) in [5, 5.41) is 0. The fourth-order valence-electron chi connectivity index (χ4n) is 2.80. The van der Waals surface area contributed by atoms with Gasteiger partial charge in [-0.25, -0.2) is 14.8 Å². The zero-order chi connectivity index (χ0) is 19.6. The van der Waals surface area contributed by atoms with Gasteiger partial charge in [-0.1, -0.05) is 0 Å². The third kappa shape index (κ3) is 4.55. The maximum Gasteiger partial charge on any atom is 0.410 e. The lowest BCUT2D eigenvalue weighted by atomic mass is 10.2. The van der Waals surface area contributed by atoms with Crippen molar-refractivity contribution in [3.63, 3.8) is 0 Å². The van der Waals surface area contributed by atoms with Gasteiger partial charge in [0.1, 0.15) is 16.9 Å². The molecule has 0 saturated carbocycles. The van der Waals surface area contributed by atoms with E-state index in [2.05, 4.69) is 19.9 Å². The fraction of sp³-hybridized carbons (Fsp3) is 0.444. The van der Waals surface area contributed by atoms with Crippen molar-refractivity contribution < 1.29 is 14.3 Å². The van der Waals surface area contributed by atoms with Gasteiger partial charge in [-0.3, -0.25) is 4.79 Å². The molecule has 27 heavy (non-hydrogen) atoms. The highest BCUT2D eigenvalue weighted by Gasteiger charge is 2.26. The van der Waals surface area contributed by atoms with Crippen molar-refractivity contribution in [3.05, 3.63) is 24.0 Å². The number of hydrogen-bond donors (Lipinski definition) is 2. The molecule has 1 fully saturated rings. The molecule has 0 atom stereocenters. The quantitative estimate of drug-likeness (QED) is 0.789. The topological polar surface area (TPSA) is 117 Å². The van der Waals surface area contributed by atoms with Crippen molar-refractivity contribution in [2.45, 2.75) is 26.4 Å². The Hall–Kier alpha value is -3.10. The van der Waals surface area contributed by atoms with E-state index in [1.54, 1.807) is 23.4 Å². The number of carbonyl (C=O) groups excluding carboxylic acids is 2. The Morgan fingerprint density at radius 1 is 1.26 bits per heavy atom. The van der Waals surface area contributed by atoms with Crippen LogP contribution in [-0.2, 0) is 9.53 Å². The van der Waals surface area contributed by atoms with E-state index >= 15 is 0 Å². The first-order valence-electron chi connectivity index (χ1n) is 8.77. The number of piperazine rings is 1. The molecule has 0 unspecified atom stereocenters. The minimum absolute atomic E-state index is 0.298. The predicted molar refractivity (Wildman–Crippen MR) is 102 cm³/mol. The van der Waals surface area contributed by atoms with Gasteiger partial charge in [0, 0.05) is 44.0 Å². The Kier molecular flexibility index (Phi) is 5.02. The minimum Gasteiger partial charge on any atom is -0.444 e. The molecule has 1 aliphatic rings. The van der Waals surface area contributed by atoms with Gasteiger partial charge in [-0.05, 0) is 26.8 Å². The van der Waals surface area contributed by atoms with Crippen molar-refractivity contribution in [1.29, 1.82) is 0 Å². The first-order chi connectivity index (χ1) is 12.7. The number of primary amides is 1. The van der Waals surface area contributed by atoms with Crippen LogP contribution in [-0.4, -0.2) is 63.6 Å². The van der Waals surface area contributed by atoms with E-state index in [9.17, 15) is 9.59 Å². The number of nitrogens with two attached hydrogens (primary N) is 1. The molecule has 3 rings (SSSR count). The molecule has 9 heteroatoms. The average molecular weight is 372 g/mol. The molecule has 0 spiro atoms. The van der Waals surface area contributed by atoms with Gasteiger partial charge < -0.3 is 25.3 Å². The lowest BCUT2D eigenvalue weighted by molar-refractivity contribution is -0.113. The van der Waals surface area contributed by atoms with Crippen molar-refractivity contribution in [2.24, 2.45) is 5.73 Å². The molecule has 2 aromatic rings. The van der Waals surface area contributed by atoms with E-state index in [0.29, 0.717) is 37.3 Å². The summed E-state index contributed by atoms with van der Waals surface area (Å²) in [7, 11) is 0. The predicted octanol–water partition coefficient (Wildman–Crippen LogP) is 1.51. The molecule has 0 aromatic carbocycles. The second-order valence-electron chi connectivity index (χ2n) is 7.36. The summed E-state index contributed by atoms with van der Waals surface area (Å²) in [6.07, 6.45) is 6.03. The van der Waals surface area contributed by atoms with Crippen LogP contribution in [0.25, 0.3) is 17.2 Å². The van der Waals surface area contributed by atoms with E-state index in [4.69, 9.17) is 10.5 Å². The van der Waals surface area contributed by atoms with Crippen LogP contribution in [0.4, 0.5) is 10.6 Å². The van der Waals surface area contributed by atoms with Gasteiger partial charge >= 0.3 is 6.09 Å². The van der Waals surface area contributed by atoms with Gasteiger partial charge in [-0.15, -0.1) is 0 Å². The Morgan fingerprint density at radius 3 is 2.59 bits per heavy atom. The molecule has 9 nitrogen and oxygen atoms in total. The Morgan fingerprint density at radius 2 is 1.96 bits per heavy atom. The molecule has 0 aliphatic carbocycles. The monoisotopic (exact) mass is 372 g/mol. The van der Waals surface area contributed by atoms with Crippen LogP contribution in [0.1, 0.15) is 26.3 Å². The van der Waals surface area contributed by atoms with Crippen molar-refractivity contribution in [1.82, 2.24) is 19.9 Å². The van der Waals surface area contributed by atoms with Gasteiger partial charge in [0.15, 0.2) is 5.65 Å². The smallest absolute Gasteiger partial charge is 0.410 e. The highest BCUT2D eigenvalue weighted by molar-refractivity contribution is 5.93. The number of carbonyl (C=O) groups is 2. The Labute approximate surface area is 157 Å². The Balaban J connectivity index is 1.71. The summed E-state index contributed by atoms with van der Waals surface area (Å²) in [6.45, 7) is 7.94. The normalized spacial score (nSPS) is 15.5. The second kappa shape index (κ2) is 7.26. The molecule has 144 valence electrons. The number of H-pyrrole nitrogens is 1. The number of anilines is 1. The SMILES string of the molecule is CC(C)(C)OC(=O)N1CCN(c2cnc3[nH]cc(/C=C/C(N)=O)c3n2)CC1. The third-order valence-corrected chi connectivity index (χ3v) is 4.08. The number of nitrogens with zero attached hydrogens (tertiary/aromatic N) is 4. The minimum atomic E-state index is -0.522. The molecular formula is C18H24N6O3. The number of fused-ring (bicyclic) bond motifs is 1. The first-order valence-corrected chi connectivity index (χ1v) is 8.77. The summed E-state index contributed by atoms with van der Waals surface area (Å²) in [5.41, 5.74) is 6.69. The molecule has 3 N–H and O–H groups in total. The second-order valence-corrected chi connectivity index (χ2v) is 7.36. The number of rotatable bonds is 3. The first kappa shape index (κ1) is 18.7. The molecule has 0 radical (unpaired) electrons. The molecule has 1 saturated heterocycles. The highest BCUT2D eigenvalue weighted by Crippen LogP contribution is 2.21. The number of aromatic amines is 1. The van der Waals surface area contributed by atoms with Gasteiger partial charge in [-0.2, -0.15) is 0 Å². The van der Waals surface area contributed by atoms with E-state index in [1.807, 2.05) is 20.8 Å². The largest absolute Gasteiger partial charge is 0.444 e. The van der Waals surface area contributed by atoms with E-state index in [-0.39, 0.29) is 6.09 Å².